The molecule has 2 N–H and O–H groups in total. The molecule has 0 aliphatic carbocycles. The summed E-state index contributed by atoms with van der Waals surface area (Å²) < 4.78 is 18.6. The van der Waals surface area contributed by atoms with Crippen molar-refractivity contribution in [2.24, 2.45) is 0 Å². The Morgan fingerprint density at radius 3 is 2.53 bits per heavy atom. The monoisotopic (exact) mass is 254 g/mol. The van der Waals surface area contributed by atoms with Crippen molar-refractivity contribution in [3.63, 3.8) is 0 Å². The van der Waals surface area contributed by atoms with Crippen LogP contribution in [0.1, 0.15) is 0 Å². The van der Waals surface area contributed by atoms with Crippen LogP contribution >= 0.6 is 0 Å². The number of nitrogens with zero attached hydrogens (tertiary/aromatic N) is 1. The third kappa shape index (κ3) is 2.20. The van der Waals surface area contributed by atoms with Crippen molar-refractivity contribution in [3.05, 3.63) is 60.5 Å². The van der Waals surface area contributed by atoms with Crippen LogP contribution in [0.2, 0.25) is 0 Å². The molecule has 94 valence electrons. The lowest BCUT2D eigenvalue weighted by Crippen LogP contribution is -1.95. The Kier molecular flexibility index (Phi) is 2.76. The van der Waals surface area contributed by atoms with Gasteiger partial charge in [-0.15, -0.1) is 0 Å². The number of ether oxygens (including phenoxy) is 1. The van der Waals surface area contributed by atoms with E-state index in [1.54, 1.807) is 18.3 Å². The summed E-state index contributed by atoms with van der Waals surface area (Å²) in [6.07, 6.45) is 1.56. The number of pyridine rings is 1. The van der Waals surface area contributed by atoms with E-state index in [1.807, 2.05) is 24.3 Å². The normalized spacial score (nSPS) is 10.6. The number of hydrogen-bond acceptors (Lipinski definition) is 3. The Bertz CT molecular complexity index is 726. The minimum absolute atomic E-state index is 0.306. The molecule has 0 unspecified atom stereocenters. The highest BCUT2D eigenvalue weighted by Crippen LogP contribution is 2.33. The van der Waals surface area contributed by atoms with E-state index in [4.69, 9.17) is 10.5 Å². The molecule has 0 spiro atoms. The van der Waals surface area contributed by atoms with Crippen LogP contribution in [0.3, 0.4) is 0 Å². The van der Waals surface area contributed by atoms with E-state index in [1.165, 1.54) is 12.1 Å². The van der Waals surface area contributed by atoms with Crippen molar-refractivity contribution in [2.75, 3.05) is 5.73 Å². The molecule has 0 bridgehead atoms. The fraction of sp³-hybridized carbons (Fsp3) is 0. The Morgan fingerprint density at radius 2 is 1.74 bits per heavy atom. The zero-order chi connectivity index (χ0) is 13.2. The van der Waals surface area contributed by atoms with Crippen LogP contribution < -0.4 is 10.5 Å². The molecule has 1 aromatic heterocycles. The lowest BCUT2D eigenvalue weighted by atomic mass is 10.2. The quantitative estimate of drug-likeness (QED) is 0.757. The van der Waals surface area contributed by atoms with E-state index in [0.717, 1.165) is 10.9 Å². The van der Waals surface area contributed by atoms with E-state index >= 15 is 0 Å². The number of nitrogens with two attached hydrogens (primary N) is 1. The van der Waals surface area contributed by atoms with Gasteiger partial charge in [-0.25, -0.2) is 4.39 Å². The molecule has 3 rings (SSSR count). The fourth-order valence-corrected chi connectivity index (χ4v) is 1.87. The number of nitrogen functional groups attached to an aromatic ring is 1. The Hall–Kier alpha value is -2.62. The molecule has 3 aromatic rings. The summed E-state index contributed by atoms with van der Waals surface area (Å²) in [5, 5.41) is 0.826. The fourth-order valence-electron chi connectivity index (χ4n) is 1.87. The maximum absolute atomic E-state index is 12.9. The van der Waals surface area contributed by atoms with Gasteiger partial charge in [0.2, 0.25) is 0 Å². The molecular formula is C15H11FN2O. The van der Waals surface area contributed by atoms with E-state index in [9.17, 15) is 4.39 Å². The minimum Gasteiger partial charge on any atom is -0.454 e. The lowest BCUT2D eigenvalue weighted by molar-refractivity contribution is 0.488. The zero-order valence-electron chi connectivity index (χ0n) is 10.0. The lowest BCUT2D eigenvalue weighted by Gasteiger charge is -2.11. The highest BCUT2D eigenvalue weighted by molar-refractivity contribution is 5.89. The van der Waals surface area contributed by atoms with E-state index < -0.39 is 0 Å². The predicted molar refractivity (Wildman–Crippen MR) is 72.6 cm³/mol. The number of halogens is 1. The number of benzene rings is 2. The molecule has 3 nitrogen and oxygen atoms in total. The Balaban J connectivity index is 2.09. The molecule has 4 heteroatoms. The molecule has 1 heterocycles. The van der Waals surface area contributed by atoms with Crippen molar-refractivity contribution in [1.82, 2.24) is 4.98 Å². The minimum atomic E-state index is -0.306. The second kappa shape index (κ2) is 4.57. The molecule has 0 radical (unpaired) electrons. The standard InChI is InChI=1S/C15H11FN2O/c16-10-5-7-11(8-6-10)19-15-12-3-1-2-4-14(12)18-9-13(15)17/h1-9H,17H2. The molecule has 0 atom stereocenters. The second-order valence-electron chi connectivity index (χ2n) is 4.12. The van der Waals surface area contributed by atoms with Crippen LogP contribution in [-0.2, 0) is 0 Å². The second-order valence-corrected chi connectivity index (χ2v) is 4.12. The third-order valence-electron chi connectivity index (χ3n) is 2.79. The molecule has 0 saturated carbocycles. The first-order valence-corrected chi connectivity index (χ1v) is 5.81. The number of rotatable bonds is 2. The summed E-state index contributed by atoms with van der Waals surface area (Å²) in [5.41, 5.74) is 7.15. The van der Waals surface area contributed by atoms with Crippen molar-refractivity contribution in [1.29, 1.82) is 0 Å². The summed E-state index contributed by atoms with van der Waals surface area (Å²) in [6, 6.07) is 13.4. The molecule has 0 saturated heterocycles. The molecule has 0 amide bonds. The van der Waals surface area contributed by atoms with Crippen LogP contribution in [0.25, 0.3) is 10.9 Å². The van der Waals surface area contributed by atoms with Crippen molar-refractivity contribution >= 4 is 16.6 Å². The summed E-state index contributed by atoms with van der Waals surface area (Å²) in [4.78, 5) is 4.23. The first-order valence-electron chi connectivity index (χ1n) is 5.81. The smallest absolute Gasteiger partial charge is 0.161 e. The first-order chi connectivity index (χ1) is 9.24. The van der Waals surface area contributed by atoms with Gasteiger partial charge in [0.05, 0.1) is 17.4 Å². The van der Waals surface area contributed by atoms with Gasteiger partial charge in [-0.3, -0.25) is 4.98 Å². The van der Waals surface area contributed by atoms with Gasteiger partial charge in [0.1, 0.15) is 11.6 Å². The topological polar surface area (TPSA) is 48.1 Å². The number of aromatic nitrogens is 1. The SMILES string of the molecule is Nc1cnc2ccccc2c1Oc1ccc(F)cc1. The van der Waals surface area contributed by atoms with Crippen molar-refractivity contribution in [2.45, 2.75) is 0 Å². The summed E-state index contributed by atoms with van der Waals surface area (Å²) in [7, 11) is 0. The van der Waals surface area contributed by atoms with Crippen molar-refractivity contribution < 1.29 is 9.13 Å². The first kappa shape index (κ1) is 11.5. The van der Waals surface area contributed by atoms with Gasteiger partial charge in [0.25, 0.3) is 0 Å². The molecular weight excluding hydrogens is 243 g/mol. The van der Waals surface area contributed by atoms with Crippen molar-refractivity contribution in [3.8, 4) is 11.5 Å². The molecule has 19 heavy (non-hydrogen) atoms. The Labute approximate surface area is 109 Å². The maximum atomic E-state index is 12.9. The van der Waals surface area contributed by atoms with Gasteiger partial charge in [0.15, 0.2) is 5.75 Å². The van der Waals surface area contributed by atoms with Crippen LogP contribution in [0.4, 0.5) is 10.1 Å². The van der Waals surface area contributed by atoms with Crippen LogP contribution in [0.15, 0.2) is 54.7 Å². The average molecular weight is 254 g/mol. The average Bonchev–Trinajstić information content (AvgIpc) is 2.44. The number of para-hydroxylation sites is 1. The van der Waals surface area contributed by atoms with Crippen LogP contribution in [0.5, 0.6) is 11.5 Å². The molecule has 2 aromatic carbocycles. The highest BCUT2D eigenvalue weighted by atomic mass is 19.1. The number of hydrogen-bond donors (Lipinski definition) is 1. The Morgan fingerprint density at radius 1 is 1.00 bits per heavy atom. The van der Waals surface area contributed by atoms with Gasteiger partial charge >= 0.3 is 0 Å². The highest BCUT2D eigenvalue weighted by Gasteiger charge is 2.08. The number of anilines is 1. The van der Waals surface area contributed by atoms with Crippen LogP contribution in [0, 0.1) is 5.82 Å². The summed E-state index contributed by atoms with van der Waals surface area (Å²) in [6.45, 7) is 0. The van der Waals surface area contributed by atoms with E-state index in [-0.39, 0.29) is 5.82 Å². The summed E-state index contributed by atoms with van der Waals surface area (Å²) >= 11 is 0. The molecule has 0 fully saturated rings. The van der Waals surface area contributed by atoms with Gasteiger partial charge in [-0.05, 0) is 36.4 Å². The van der Waals surface area contributed by atoms with Gasteiger partial charge in [-0.1, -0.05) is 12.1 Å². The largest absolute Gasteiger partial charge is 0.454 e. The zero-order valence-corrected chi connectivity index (χ0v) is 10.0. The maximum Gasteiger partial charge on any atom is 0.161 e. The van der Waals surface area contributed by atoms with Crippen LogP contribution in [-0.4, -0.2) is 4.98 Å². The summed E-state index contributed by atoms with van der Waals surface area (Å²) in [5.74, 6) is 0.765. The van der Waals surface area contributed by atoms with Gasteiger partial charge in [0, 0.05) is 5.39 Å². The molecule has 0 aliphatic heterocycles. The molecule has 0 aliphatic rings. The van der Waals surface area contributed by atoms with Gasteiger partial charge in [-0.2, -0.15) is 0 Å². The number of fused-ring (bicyclic) bond motifs is 1. The van der Waals surface area contributed by atoms with Gasteiger partial charge < -0.3 is 10.5 Å². The van der Waals surface area contributed by atoms with E-state index in [0.29, 0.717) is 17.2 Å². The van der Waals surface area contributed by atoms with E-state index in [2.05, 4.69) is 4.98 Å². The predicted octanol–water partition coefficient (Wildman–Crippen LogP) is 3.75. The third-order valence-corrected chi connectivity index (χ3v) is 2.79.